The van der Waals surface area contributed by atoms with Gasteiger partial charge in [-0.15, -0.1) is 0 Å². The van der Waals surface area contributed by atoms with Crippen molar-refractivity contribution in [1.82, 2.24) is 10.2 Å². The number of rotatable bonds is 13. The Hall–Kier alpha value is -4.05. The molecule has 0 spiro atoms. The first-order chi connectivity index (χ1) is 19.9. The van der Waals surface area contributed by atoms with E-state index in [1.165, 1.54) is 37.3 Å². The maximum Gasteiger partial charge on any atom is 0.264 e. The van der Waals surface area contributed by atoms with Crippen molar-refractivity contribution in [1.29, 1.82) is 0 Å². The molecule has 2 atom stereocenters. The number of amides is 2. The van der Waals surface area contributed by atoms with Crippen LogP contribution in [0.1, 0.15) is 43.9 Å². The van der Waals surface area contributed by atoms with E-state index in [0.717, 1.165) is 27.4 Å². The topological polar surface area (TPSA) is 105 Å². The maximum absolute atomic E-state index is 14.2. The second-order valence-electron chi connectivity index (χ2n) is 10.4. The van der Waals surface area contributed by atoms with E-state index in [1.54, 1.807) is 19.1 Å². The Morgan fingerprint density at radius 2 is 1.50 bits per heavy atom. The molecule has 0 heterocycles. The Morgan fingerprint density at radius 3 is 2.07 bits per heavy atom. The van der Waals surface area contributed by atoms with Crippen LogP contribution in [0.4, 0.5) is 5.69 Å². The smallest absolute Gasteiger partial charge is 0.264 e. The minimum Gasteiger partial charge on any atom is -0.493 e. The van der Waals surface area contributed by atoms with Gasteiger partial charge in [-0.3, -0.25) is 13.9 Å². The van der Waals surface area contributed by atoms with Gasteiger partial charge in [0, 0.05) is 18.7 Å². The fraction of sp³-hybridized carbons (Fsp3) is 0.375. The standard InChI is InChI=1S/C32H41N3O6S/c1-8-24(4)33-32(37)25(5)34(20-26-12-10-9-11-13-26)31(36)21-35(27-17-22(2)16-23(3)18-27)42(38,39)28-14-15-29(40-6)30(19-28)41-7/h9-19,24-25H,8,20-21H2,1-7H3,(H,33,37). The number of hydrogen-bond donors (Lipinski definition) is 1. The maximum atomic E-state index is 14.2. The van der Waals surface area contributed by atoms with E-state index in [4.69, 9.17) is 9.47 Å². The molecule has 42 heavy (non-hydrogen) atoms. The number of benzene rings is 3. The number of carbonyl (C=O) groups excluding carboxylic acids is 2. The zero-order valence-corrected chi connectivity index (χ0v) is 26.2. The average molecular weight is 596 g/mol. The molecule has 0 aliphatic heterocycles. The Labute approximate surface area is 249 Å². The first kappa shape index (κ1) is 32.5. The summed E-state index contributed by atoms with van der Waals surface area (Å²) in [6.45, 7) is 8.85. The SMILES string of the molecule is CCC(C)NC(=O)C(C)N(Cc1ccccc1)C(=O)CN(c1cc(C)cc(C)c1)S(=O)(=O)c1ccc(OC)c(OC)c1. The van der Waals surface area contributed by atoms with E-state index < -0.39 is 28.5 Å². The van der Waals surface area contributed by atoms with Gasteiger partial charge in [-0.05, 0) is 75.1 Å². The second kappa shape index (κ2) is 14.2. The van der Waals surface area contributed by atoms with Crippen LogP contribution in [0.2, 0.25) is 0 Å². The molecule has 3 aromatic rings. The van der Waals surface area contributed by atoms with E-state index in [2.05, 4.69) is 5.32 Å². The number of hydrogen-bond acceptors (Lipinski definition) is 6. The van der Waals surface area contributed by atoms with Crippen molar-refractivity contribution < 1.29 is 27.5 Å². The van der Waals surface area contributed by atoms with Crippen molar-refractivity contribution >= 4 is 27.5 Å². The number of anilines is 1. The van der Waals surface area contributed by atoms with Gasteiger partial charge in [-0.2, -0.15) is 0 Å². The van der Waals surface area contributed by atoms with Gasteiger partial charge in [0.1, 0.15) is 12.6 Å². The van der Waals surface area contributed by atoms with Crippen LogP contribution < -0.4 is 19.1 Å². The van der Waals surface area contributed by atoms with Gasteiger partial charge >= 0.3 is 0 Å². The van der Waals surface area contributed by atoms with Crippen LogP contribution in [0.3, 0.4) is 0 Å². The third-order valence-electron chi connectivity index (χ3n) is 7.08. The number of carbonyl (C=O) groups is 2. The summed E-state index contributed by atoms with van der Waals surface area (Å²) in [6.07, 6.45) is 0.731. The number of ether oxygens (including phenoxy) is 2. The van der Waals surface area contributed by atoms with Gasteiger partial charge in [0.15, 0.2) is 11.5 Å². The van der Waals surface area contributed by atoms with E-state index >= 15 is 0 Å². The molecule has 0 saturated carbocycles. The Bertz CT molecular complexity index is 1470. The summed E-state index contributed by atoms with van der Waals surface area (Å²) in [7, 11) is -1.38. The quantitative estimate of drug-likeness (QED) is 0.303. The number of aryl methyl sites for hydroxylation is 2. The van der Waals surface area contributed by atoms with Crippen molar-refractivity contribution in [2.45, 2.75) is 64.6 Å². The molecule has 0 fully saturated rings. The van der Waals surface area contributed by atoms with E-state index in [-0.39, 0.29) is 29.1 Å². The summed E-state index contributed by atoms with van der Waals surface area (Å²) in [6, 6.07) is 18.0. The van der Waals surface area contributed by atoms with E-state index in [1.807, 2.05) is 64.1 Å². The molecule has 0 saturated heterocycles. The summed E-state index contributed by atoms with van der Waals surface area (Å²) in [5.41, 5.74) is 2.83. The Morgan fingerprint density at radius 1 is 0.881 bits per heavy atom. The Balaban J connectivity index is 2.09. The number of nitrogens with zero attached hydrogens (tertiary/aromatic N) is 2. The molecule has 0 aromatic heterocycles. The lowest BCUT2D eigenvalue weighted by atomic mass is 10.1. The van der Waals surface area contributed by atoms with Gasteiger partial charge in [-0.25, -0.2) is 8.42 Å². The van der Waals surface area contributed by atoms with Crippen LogP contribution in [0, 0.1) is 13.8 Å². The van der Waals surface area contributed by atoms with Crippen molar-refractivity contribution in [3.63, 3.8) is 0 Å². The van der Waals surface area contributed by atoms with Crippen LogP contribution >= 0.6 is 0 Å². The minimum atomic E-state index is -4.27. The molecule has 0 aliphatic rings. The minimum absolute atomic E-state index is 0.0655. The van der Waals surface area contributed by atoms with Crippen LogP contribution in [-0.2, 0) is 26.2 Å². The van der Waals surface area contributed by atoms with Crippen molar-refractivity contribution in [2.75, 3.05) is 25.1 Å². The van der Waals surface area contributed by atoms with Gasteiger partial charge < -0.3 is 19.7 Å². The number of nitrogens with one attached hydrogen (secondary N) is 1. The molecule has 2 amide bonds. The van der Waals surface area contributed by atoms with Crippen LogP contribution in [0.15, 0.2) is 71.6 Å². The molecule has 9 nitrogen and oxygen atoms in total. The predicted octanol–water partition coefficient (Wildman–Crippen LogP) is 4.85. The summed E-state index contributed by atoms with van der Waals surface area (Å²) < 4.78 is 40.1. The third-order valence-corrected chi connectivity index (χ3v) is 8.85. The first-order valence-electron chi connectivity index (χ1n) is 13.9. The molecule has 3 aromatic carbocycles. The molecule has 10 heteroatoms. The van der Waals surface area contributed by atoms with Gasteiger partial charge in [-0.1, -0.05) is 43.3 Å². The highest BCUT2D eigenvalue weighted by molar-refractivity contribution is 7.92. The lowest BCUT2D eigenvalue weighted by Crippen LogP contribution is -2.52. The fourth-order valence-corrected chi connectivity index (χ4v) is 5.97. The normalized spacial score (nSPS) is 12.6. The first-order valence-corrected chi connectivity index (χ1v) is 15.3. The van der Waals surface area contributed by atoms with Crippen LogP contribution in [-0.4, -0.2) is 58.0 Å². The zero-order chi connectivity index (χ0) is 31.0. The molecule has 226 valence electrons. The Kier molecular flexibility index (Phi) is 11.0. The van der Waals surface area contributed by atoms with Crippen molar-refractivity contribution in [3.05, 3.63) is 83.4 Å². The molecule has 3 rings (SSSR count). The highest BCUT2D eigenvalue weighted by Gasteiger charge is 2.33. The number of methoxy groups -OCH3 is 2. The highest BCUT2D eigenvalue weighted by Crippen LogP contribution is 2.33. The highest BCUT2D eigenvalue weighted by atomic mass is 32.2. The lowest BCUT2D eigenvalue weighted by Gasteiger charge is -2.32. The number of sulfonamides is 1. The lowest BCUT2D eigenvalue weighted by molar-refractivity contribution is -0.139. The van der Waals surface area contributed by atoms with E-state index in [0.29, 0.717) is 11.4 Å². The zero-order valence-electron chi connectivity index (χ0n) is 25.4. The second-order valence-corrected chi connectivity index (χ2v) is 12.2. The molecule has 2 unspecified atom stereocenters. The van der Waals surface area contributed by atoms with Crippen molar-refractivity contribution in [2.24, 2.45) is 0 Å². The largest absolute Gasteiger partial charge is 0.493 e. The third kappa shape index (κ3) is 7.82. The molecule has 0 bridgehead atoms. The van der Waals surface area contributed by atoms with Gasteiger partial charge in [0.2, 0.25) is 11.8 Å². The molecular formula is C32H41N3O6S. The van der Waals surface area contributed by atoms with Crippen LogP contribution in [0.25, 0.3) is 0 Å². The molecule has 1 N–H and O–H groups in total. The molecular weight excluding hydrogens is 554 g/mol. The summed E-state index contributed by atoms with van der Waals surface area (Å²) in [5, 5.41) is 2.94. The van der Waals surface area contributed by atoms with Gasteiger partial charge in [0.05, 0.1) is 24.8 Å². The molecule has 0 radical (unpaired) electrons. The van der Waals surface area contributed by atoms with Gasteiger partial charge in [0.25, 0.3) is 10.0 Å². The van der Waals surface area contributed by atoms with E-state index in [9.17, 15) is 18.0 Å². The average Bonchev–Trinajstić information content (AvgIpc) is 2.97. The molecule has 0 aliphatic carbocycles. The monoisotopic (exact) mass is 595 g/mol. The van der Waals surface area contributed by atoms with Crippen molar-refractivity contribution in [3.8, 4) is 11.5 Å². The summed E-state index contributed by atoms with van der Waals surface area (Å²) in [4.78, 5) is 28.6. The summed E-state index contributed by atoms with van der Waals surface area (Å²) >= 11 is 0. The van der Waals surface area contributed by atoms with Crippen LogP contribution in [0.5, 0.6) is 11.5 Å². The predicted molar refractivity (Wildman–Crippen MR) is 164 cm³/mol. The summed E-state index contributed by atoms with van der Waals surface area (Å²) in [5.74, 6) is -0.213. The fourth-order valence-electron chi connectivity index (χ4n) is 4.56.